The lowest BCUT2D eigenvalue weighted by Crippen LogP contribution is -2.48. The highest BCUT2D eigenvalue weighted by Gasteiger charge is 2.51. The summed E-state index contributed by atoms with van der Waals surface area (Å²) in [5.41, 5.74) is 3.11. The van der Waals surface area contributed by atoms with Crippen LogP contribution in [0.3, 0.4) is 0 Å². The molecule has 0 aliphatic heterocycles. The van der Waals surface area contributed by atoms with E-state index in [-0.39, 0.29) is 17.9 Å². The van der Waals surface area contributed by atoms with Crippen molar-refractivity contribution in [2.24, 2.45) is 17.8 Å². The largest absolute Gasteiger partial charge is 0.493 e. The Morgan fingerprint density at radius 2 is 1.54 bits per heavy atom. The predicted octanol–water partition coefficient (Wildman–Crippen LogP) is 4.30. The van der Waals surface area contributed by atoms with Crippen molar-refractivity contribution in [3.8, 4) is 11.5 Å². The Morgan fingerprint density at radius 3 is 2.08 bits per heavy atom. The van der Waals surface area contributed by atoms with Crippen LogP contribution in [0.1, 0.15) is 49.7 Å². The molecule has 0 spiro atoms. The number of nitrogens with one attached hydrogen (secondary N) is 1. The summed E-state index contributed by atoms with van der Waals surface area (Å²) in [6, 6.07) is 13.6. The number of anilines is 1. The molecule has 6 rings (SSSR count). The van der Waals surface area contributed by atoms with Crippen molar-refractivity contribution in [2.45, 2.75) is 50.4 Å². The van der Waals surface area contributed by atoms with E-state index in [4.69, 9.17) is 9.47 Å². The van der Waals surface area contributed by atoms with Crippen molar-refractivity contribution in [1.29, 1.82) is 0 Å². The molecule has 4 fully saturated rings. The topological polar surface area (TPSA) is 84.9 Å². The van der Waals surface area contributed by atoms with Gasteiger partial charge in [0.25, 0.3) is 0 Å². The summed E-state index contributed by atoms with van der Waals surface area (Å²) >= 11 is 0. The van der Waals surface area contributed by atoms with Crippen molar-refractivity contribution < 1.29 is 22.7 Å². The molecule has 0 unspecified atom stereocenters. The van der Waals surface area contributed by atoms with E-state index in [1.807, 2.05) is 30.3 Å². The Kier molecular flexibility index (Phi) is 7.14. The fourth-order valence-electron chi connectivity index (χ4n) is 7.41. The molecular formula is C29H38N2O5S. The first-order valence-electron chi connectivity index (χ1n) is 13.2. The van der Waals surface area contributed by atoms with Crippen LogP contribution in [0.25, 0.3) is 0 Å². The molecule has 2 aromatic rings. The number of carbonyl (C=O) groups excluding carboxylic acids is 1. The average Bonchev–Trinajstić information content (AvgIpc) is 2.86. The molecule has 4 bridgehead atoms. The summed E-state index contributed by atoms with van der Waals surface area (Å²) in [7, 11) is -0.455. The van der Waals surface area contributed by atoms with Crippen molar-refractivity contribution >= 4 is 21.6 Å². The van der Waals surface area contributed by atoms with Crippen LogP contribution < -0.4 is 19.1 Å². The normalized spacial score (nSPS) is 26.1. The molecule has 4 aliphatic carbocycles. The van der Waals surface area contributed by atoms with Gasteiger partial charge in [-0.1, -0.05) is 18.2 Å². The van der Waals surface area contributed by atoms with Crippen molar-refractivity contribution in [3.05, 3.63) is 53.6 Å². The van der Waals surface area contributed by atoms with Crippen LogP contribution in [0, 0.1) is 17.8 Å². The lowest BCUT2D eigenvalue weighted by Gasteiger charge is -2.57. The molecule has 37 heavy (non-hydrogen) atoms. The highest BCUT2D eigenvalue weighted by atomic mass is 32.2. The first-order chi connectivity index (χ1) is 17.7. The van der Waals surface area contributed by atoms with Gasteiger partial charge in [0.2, 0.25) is 15.9 Å². The van der Waals surface area contributed by atoms with E-state index in [9.17, 15) is 13.2 Å². The number of rotatable bonds is 10. The van der Waals surface area contributed by atoms with Gasteiger partial charge in [0.15, 0.2) is 11.5 Å². The van der Waals surface area contributed by atoms with Crippen molar-refractivity contribution in [1.82, 2.24) is 5.32 Å². The molecule has 8 heteroatoms. The molecule has 4 aliphatic rings. The number of hydrogen-bond donors (Lipinski definition) is 1. The van der Waals surface area contributed by atoms with E-state index >= 15 is 0 Å². The fraction of sp³-hybridized carbons (Fsp3) is 0.552. The molecule has 0 aromatic heterocycles. The second-order valence-electron chi connectivity index (χ2n) is 11.3. The van der Waals surface area contributed by atoms with E-state index in [0.717, 1.165) is 29.6 Å². The van der Waals surface area contributed by atoms with Gasteiger partial charge < -0.3 is 14.8 Å². The van der Waals surface area contributed by atoms with Gasteiger partial charge in [-0.25, -0.2) is 8.42 Å². The molecule has 7 nitrogen and oxygen atoms in total. The molecular weight excluding hydrogens is 488 g/mol. The van der Waals surface area contributed by atoms with Gasteiger partial charge in [-0.2, -0.15) is 0 Å². The molecule has 0 radical (unpaired) electrons. The van der Waals surface area contributed by atoms with E-state index in [2.05, 4.69) is 17.4 Å². The van der Waals surface area contributed by atoms with Gasteiger partial charge in [0.05, 0.1) is 26.2 Å². The van der Waals surface area contributed by atoms with Crippen LogP contribution in [0.4, 0.5) is 5.69 Å². The zero-order valence-electron chi connectivity index (χ0n) is 22.0. The van der Waals surface area contributed by atoms with Gasteiger partial charge >= 0.3 is 0 Å². The summed E-state index contributed by atoms with van der Waals surface area (Å²) in [5, 5.41) is 2.85. The summed E-state index contributed by atoms with van der Waals surface area (Å²) in [6.45, 7) is 0.137. The van der Waals surface area contributed by atoms with Crippen LogP contribution in [0.5, 0.6) is 11.5 Å². The quantitative estimate of drug-likeness (QED) is 0.499. The number of methoxy groups -OCH3 is 2. The Hall–Kier alpha value is -2.74. The van der Waals surface area contributed by atoms with Crippen LogP contribution in [-0.4, -0.2) is 47.9 Å². The lowest BCUT2D eigenvalue weighted by atomic mass is 9.48. The van der Waals surface area contributed by atoms with Crippen LogP contribution in [0.2, 0.25) is 0 Å². The smallest absolute Gasteiger partial charge is 0.240 e. The number of benzene rings is 2. The molecule has 0 heterocycles. The molecule has 4 saturated carbocycles. The molecule has 2 aromatic carbocycles. The number of hydrogen-bond acceptors (Lipinski definition) is 5. The van der Waals surface area contributed by atoms with E-state index in [0.29, 0.717) is 30.2 Å². The zero-order valence-corrected chi connectivity index (χ0v) is 22.9. The fourth-order valence-corrected chi connectivity index (χ4v) is 8.27. The molecule has 1 amide bonds. The van der Waals surface area contributed by atoms with Gasteiger partial charge in [-0.15, -0.1) is 0 Å². The van der Waals surface area contributed by atoms with Gasteiger partial charge in [0, 0.05) is 6.54 Å². The highest BCUT2D eigenvalue weighted by molar-refractivity contribution is 7.92. The number of amides is 1. The number of ether oxygens (including phenoxy) is 2. The first kappa shape index (κ1) is 25.9. The second-order valence-corrected chi connectivity index (χ2v) is 13.2. The van der Waals surface area contributed by atoms with Gasteiger partial charge in [-0.3, -0.25) is 9.10 Å². The zero-order chi connectivity index (χ0) is 26.2. The third kappa shape index (κ3) is 5.44. The molecule has 0 atom stereocenters. The predicted molar refractivity (Wildman–Crippen MR) is 145 cm³/mol. The Balaban J connectivity index is 1.22. The standard InChI is InChI=1S/C29H38N2O5S/c1-35-26-9-4-20(15-27(26)36-2)10-11-30-28(32)19-31(37(3,33)34)25-7-5-24(6-8-25)29-16-21-12-22(17-29)14-23(13-21)18-29/h4-9,15,21-23H,10-14,16-19H2,1-3H3,(H,30,32). The monoisotopic (exact) mass is 526 g/mol. The number of carbonyl (C=O) groups is 1. The Bertz CT molecular complexity index is 1210. The minimum absolute atomic E-state index is 0.249. The number of sulfonamides is 1. The third-order valence-electron chi connectivity index (χ3n) is 8.68. The van der Waals surface area contributed by atoms with Crippen molar-refractivity contribution in [3.63, 3.8) is 0 Å². The number of nitrogens with zero attached hydrogens (tertiary/aromatic N) is 1. The van der Waals surface area contributed by atoms with Gasteiger partial charge in [0.1, 0.15) is 6.54 Å². The molecule has 1 N–H and O–H groups in total. The second kappa shape index (κ2) is 10.2. The maximum absolute atomic E-state index is 12.7. The van der Waals surface area contributed by atoms with E-state index in [1.165, 1.54) is 48.4 Å². The lowest BCUT2D eigenvalue weighted by molar-refractivity contribution is -0.119. The van der Waals surface area contributed by atoms with E-state index in [1.54, 1.807) is 14.2 Å². The maximum Gasteiger partial charge on any atom is 0.240 e. The van der Waals surface area contributed by atoms with Crippen LogP contribution >= 0.6 is 0 Å². The highest BCUT2D eigenvalue weighted by Crippen LogP contribution is 2.60. The third-order valence-corrected chi connectivity index (χ3v) is 9.82. The Labute approximate surface area is 220 Å². The minimum Gasteiger partial charge on any atom is -0.493 e. The molecule has 200 valence electrons. The summed E-state index contributed by atoms with van der Waals surface area (Å²) in [5.74, 6) is 3.49. The van der Waals surface area contributed by atoms with Crippen LogP contribution in [0.15, 0.2) is 42.5 Å². The summed E-state index contributed by atoms with van der Waals surface area (Å²) < 4.78 is 37.0. The SMILES string of the molecule is COc1ccc(CCNC(=O)CN(c2ccc(C34CC5CC(CC(C5)C3)C4)cc2)S(C)(=O)=O)cc1OC. The minimum atomic E-state index is -3.62. The molecule has 0 saturated heterocycles. The average molecular weight is 527 g/mol. The van der Waals surface area contributed by atoms with Gasteiger partial charge in [-0.05, 0) is 104 Å². The van der Waals surface area contributed by atoms with Crippen LogP contribution in [-0.2, 0) is 26.7 Å². The summed E-state index contributed by atoms with van der Waals surface area (Å²) in [4.78, 5) is 12.7. The van der Waals surface area contributed by atoms with E-state index < -0.39 is 10.0 Å². The first-order valence-corrected chi connectivity index (χ1v) is 15.1. The summed E-state index contributed by atoms with van der Waals surface area (Å²) in [6.07, 6.45) is 9.69. The Morgan fingerprint density at radius 1 is 0.946 bits per heavy atom. The van der Waals surface area contributed by atoms with Crippen molar-refractivity contribution in [2.75, 3.05) is 37.9 Å². The maximum atomic E-state index is 12.7.